The molecule has 3 nitrogen and oxygen atoms in total. The highest BCUT2D eigenvalue weighted by molar-refractivity contribution is 5.37. The lowest BCUT2D eigenvalue weighted by molar-refractivity contribution is 0.227. The number of hydrogen-bond acceptors (Lipinski definition) is 3. The normalized spacial score (nSPS) is 17.9. The zero-order valence-corrected chi connectivity index (χ0v) is 11.1. The first-order chi connectivity index (χ1) is 8.65. The third kappa shape index (κ3) is 3.68. The number of nitrogens with zero attached hydrogens (tertiary/aromatic N) is 1. The van der Waals surface area contributed by atoms with Crippen LogP contribution in [0.1, 0.15) is 12.0 Å². The third-order valence-electron chi connectivity index (χ3n) is 3.09. The largest absolute Gasteiger partial charge is 0.488 e. The van der Waals surface area contributed by atoms with Crippen LogP contribution in [0.2, 0.25) is 0 Å². The molecule has 100 valence electrons. The molecule has 0 radical (unpaired) electrons. The molecule has 0 spiro atoms. The van der Waals surface area contributed by atoms with Crippen molar-refractivity contribution in [1.29, 1.82) is 0 Å². The van der Waals surface area contributed by atoms with Crippen molar-refractivity contribution in [2.45, 2.75) is 18.9 Å². The van der Waals surface area contributed by atoms with E-state index in [0.29, 0.717) is 0 Å². The number of nitrogens with one attached hydrogen (secondary N) is 1. The van der Waals surface area contributed by atoms with Gasteiger partial charge in [0.2, 0.25) is 0 Å². The van der Waals surface area contributed by atoms with Gasteiger partial charge in [-0.1, -0.05) is 0 Å². The van der Waals surface area contributed by atoms with E-state index >= 15 is 0 Å². The Bertz CT molecular complexity index is 395. The maximum atomic E-state index is 13.0. The number of ether oxygens (including phenoxy) is 1. The molecular weight excluding hydrogens is 231 g/mol. The molecule has 1 N–H and O–H groups in total. The molecule has 0 aromatic heterocycles. The SMILES string of the molecule is CN(C)CCCNCC1Cc2cc(F)ccc2O1. The van der Waals surface area contributed by atoms with Crippen molar-refractivity contribution >= 4 is 0 Å². The Hall–Kier alpha value is -1.13. The molecule has 1 aliphatic heterocycles. The number of rotatable bonds is 6. The van der Waals surface area contributed by atoms with Crippen molar-refractivity contribution < 1.29 is 9.13 Å². The van der Waals surface area contributed by atoms with E-state index in [9.17, 15) is 4.39 Å². The molecule has 1 heterocycles. The van der Waals surface area contributed by atoms with Crippen LogP contribution in [-0.4, -0.2) is 44.7 Å². The van der Waals surface area contributed by atoms with E-state index in [1.54, 1.807) is 12.1 Å². The van der Waals surface area contributed by atoms with Gasteiger partial charge in [-0.15, -0.1) is 0 Å². The lowest BCUT2D eigenvalue weighted by Crippen LogP contribution is -2.31. The summed E-state index contributed by atoms with van der Waals surface area (Å²) in [6, 6.07) is 4.74. The maximum absolute atomic E-state index is 13.0. The fraction of sp³-hybridized carbons (Fsp3) is 0.571. The average molecular weight is 252 g/mol. The van der Waals surface area contributed by atoms with Crippen molar-refractivity contribution in [3.05, 3.63) is 29.6 Å². The van der Waals surface area contributed by atoms with Crippen molar-refractivity contribution in [3.8, 4) is 5.75 Å². The van der Waals surface area contributed by atoms with Gasteiger partial charge in [-0.05, 0) is 51.8 Å². The van der Waals surface area contributed by atoms with Crippen LogP contribution in [0.5, 0.6) is 5.75 Å². The molecule has 2 rings (SSSR count). The first-order valence-electron chi connectivity index (χ1n) is 6.45. The van der Waals surface area contributed by atoms with Crippen LogP contribution < -0.4 is 10.1 Å². The molecule has 0 amide bonds. The summed E-state index contributed by atoms with van der Waals surface area (Å²) in [4.78, 5) is 2.17. The van der Waals surface area contributed by atoms with E-state index in [0.717, 1.165) is 43.8 Å². The van der Waals surface area contributed by atoms with Gasteiger partial charge in [0.1, 0.15) is 17.7 Å². The van der Waals surface area contributed by atoms with Gasteiger partial charge in [-0.25, -0.2) is 4.39 Å². The molecular formula is C14H21FN2O. The molecule has 0 bridgehead atoms. The van der Waals surface area contributed by atoms with Gasteiger partial charge in [-0.2, -0.15) is 0 Å². The summed E-state index contributed by atoms with van der Waals surface area (Å²) in [6.07, 6.45) is 2.07. The third-order valence-corrected chi connectivity index (χ3v) is 3.09. The average Bonchev–Trinajstić information content (AvgIpc) is 2.70. The van der Waals surface area contributed by atoms with Gasteiger partial charge in [0.15, 0.2) is 0 Å². The van der Waals surface area contributed by atoms with Crippen molar-refractivity contribution in [2.24, 2.45) is 0 Å². The minimum atomic E-state index is -0.183. The summed E-state index contributed by atoms with van der Waals surface area (Å²) in [5, 5.41) is 3.39. The summed E-state index contributed by atoms with van der Waals surface area (Å²) in [5.41, 5.74) is 0.982. The van der Waals surface area contributed by atoms with Gasteiger partial charge in [0.25, 0.3) is 0 Å². The van der Waals surface area contributed by atoms with Gasteiger partial charge < -0.3 is 15.0 Å². The van der Waals surface area contributed by atoms with Crippen LogP contribution in [0.15, 0.2) is 18.2 Å². The van der Waals surface area contributed by atoms with Gasteiger partial charge >= 0.3 is 0 Å². The quantitative estimate of drug-likeness (QED) is 0.779. The minimum Gasteiger partial charge on any atom is -0.488 e. The smallest absolute Gasteiger partial charge is 0.123 e. The monoisotopic (exact) mass is 252 g/mol. The lowest BCUT2D eigenvalue weighted by Gasteiger charge is -2.13. The predicted octanol–water partition coefficient (Wildman–Crippen LogP) is 1.67. The van der Waals surface area contributed by atoms with E-state index in [-0.39, 0.29) is 11.9 Å². The zero-order chi connectivity index (χ0) is 13.0. The van der Waals surface area contributed by atoms with E-state index in [1.165, 1.54) is 6.07 Å². The van der Waals surface area contributed by atoms with Gasteiger partial charge in [0.05, 0.1) is 0 Å². The predicted molar refractivity (Wildman–Crippen MR) is 70.6 cm³/mol. The Morgan fingerprint density at radius 3 is 3.06 bits per heavy atom. The molecule has 0 fully saturated rings. The Labute approximate surface area is 108 Å². The molecule has 1 aromatic carbocycles. The molecule has 4 heteroatoms. The van der Waals surface area contributed by atoms with Gasteiger partial charge in [0, 0.05) is 18.5 Å². The van der Waals surface area contributed by atoms with E-state index < -0.39 is 0 Å². The van der Waals surface area contributed by atoms with Crippen LogP contribution in [0, 0.1) is 5.82 Å². The first kappa shape index (κ1) is 13.3. The summed E-state index contributed by atoms with van der Waals surface area (Å²) in [5.74, 6) is 0.647. The molecule has 1 aliphatic rings. The summed E-state index contributed by atoms with van der Waals surface area (Å²) in [6.45, 7) is 2.90. The highest BCUT2D eigenvalue weighted by atomic mass is 19.1. The van der Waals surface area contributed by atoms with E-state index in [1.807, 2.05) is 0 Å². The summed E-state index contributed by atoms with van der Waals surface area (Å²) < 4.78 is 18.8. The number of benzene rings is 1. The first-order valence-corrected chi connectivity index (χ1v) is 6.45. The van der Waals surface area contributed by atoms with Crippen LogP contribution in [-0.2, 0) is 6.42 Å². The Balaban J connectivity index is 1.68. The number of fused-ring (bicyclic) bond motifs is 1. The second-order valence-electron chi connectivity index (χ2n) is 5.06. The second-order valence-corrected chi connectivity index (χ2v) is 5.06. The Morgan fingerprint density at radius 1 is 1.44 bits per heavy atom. The van der Waals surface area contributed by atoms with Crippen molar-refractivity contribution in [1.82, 2.24) is 10.2 Å². The topological polar surface area (TPSA) is 24.5 Å². The standard InChI is InChI=1S/C14H21FN2O/c1-17(2)7-3-6-16-10-13-9-11-8-12(15)4-5-14(11)18-13/h4-5,8,13,16H,3,6-7,9-10H2,1-2H3. The molecule has 1 atom stereocenters. The molecule has 1 aromatic rings. The van der Waals surface area contributed by atoms with Crippen LogP contribution >= 0.6 is 0 Å². The zero-order valence-electron chi connectivity index (χ0n) is 11.1. The van der Waals surface area contributed by atoms with E-state index in [4.69, 9.17) is 4.74 Å². The molecule has 0 saturated heterocycles. The number of hydrogen-bond donors (Lipinski definition) is 1. The van der Waals surface area contributed by atoms with Crippen molar-refractivity contribution in [3.63, 3.8) is 0 Å². The lowest BCUT2D eigenvalue weighted by atomic mass is 10.1. The summed E-state index contributed by atoms with van der Waals surface area (Å²) in [7, 11) is 4.15. The van der Waals surface area contributed by atoms with Crippen LogP contribution in [0.4, 0.5) is 4.39 Å². The Morgan fingerprint density at radius 2 is 2.28 bits per heavy atom. The highest BCUT2D eigenvalue weighted by Gasteiger charge is 2.22. The fourth-order valence-corrected chi connectivity index (χ4v) is 2.19. The molecule has 0 aliphatic carbocycles. The van der Waals surface area contributed by atoms with Crippen molar-refractivity contribution in [2.75, 3.05) is 33.7 Å². The Kier molecular flexibility index (Phi) is 4.55. The van der Waals surface area contributed by atoms with Crippen LogP contribution in [0.25, 0.3) is 0 Å². The molecule has 0 saturated carbocycles. The fourth-order valence-electron chi connectivity index (χ4n) is 2.19. The van der Waals surface area contributed by atoms with Crippen LogP contribution in [0.3, 0.4) is 0 Å². The minimum absolute atomic E-state index is 0.140. The van der Waals surface area contributed by atoms with E-state index in [2.05, 4.69) is 24.3 Å². The molecule has 1 unspecified atom stereocenters. The van der Waals surface area contributed by atoms with Gasteiger partial charge in [-0.3, -0.25) is 0 Å². The second kappa shape index (κ2) is 6.16. The maximum Gasteiger partial charge on any atom is 0.123 e. The highest BCUT2D eigenvalue weighted by Crippen LogP contribution is 2.28. The number of halogens is 1. The molecule has 18 heavy (non-hydrogen) atoms. The summed E-state index contributed by atoms with van der Waals surface area (Å²) >= 11 is 0.